The third-order valence-corrected chi connectivity index (χ3v) is 2.43. The van der Waals surface area contributed by atoms with Crippen molar-refractivity contribution in [1.29, 1.82) is 5.26 Å². The van der Waals surface area contributed by atoms with Crippen molar-refractivity contribution >= 4 is 22.8 Å². The van der Waals surface area contributed by atoms with E-state index >= 15 is 0 Å². The molecular weight excluding hydrogens is 182 g/mol. The number of H-pyrrole nitrogens is 1. The largest absolute Gasteiger partial charge is 0.346 e. The summed E-state index contributed by atoms with van der Waals surface area (Å²) in [6, 6.07) is 3.93. The zero-order chi connectivity index (χ0) is 9.10. The van der Waals surface area contributed by atoms with E-state index in [0.717, 1.165) is 16.6 Å². The van der Waals surface area contributed by atoms with E-state index in [9.17, 15) is 0 Å². The number of rotatable bonds is 2. The predicted octanol–water partition coefficient (Wildman–Crippen LogP) is 2.28. The fourth-order valence-corrected chi connectivity index (χ4v) is 1.73. The van der Waals surface area contributed by atoms with Crippen LogP contribution in [0.2, 0.25) is 0 Å². The number of aromatic amines is 1. The number of pyridine rings is 1. The summed E-state index contributed by atoms with van der Waals surface area (Å²) in [6.07, 6.45) is 3.62. The Morgan fingerprint density at radius 2 is 2.46 bits per heavy atom. The molecule has 0 aliphatic carbocycles. The fraction of sp³-hybridized carbons (Fsp3) is 0.111. The molecule has 0 radical (unpaired) electrons. The number of nitrogens with one attached hydrogen (secondary N) is 1. The normalized spacial score (nSPS) is 10.1. The van der Waals surface area contributed by atoms with Crippen molar-refractivity contribution in [3.8, 4) is 5.40 Å². The van der Waals surface area contributed by atoms with Crippen molar-refractivity contribution in [2.24, 2.45) is 0 Å². The molecule has 2 heterocycles. The van der Waals surface area contributed by atoms with Gasteiger partial charge in [-0.05, 0) is 29.5 Å². The van der Waals surface area contributed by atoms with E-state index in [1.807, 2.05) is 18.3 Å². The van der Waals surface area contributed by atoms with E-state index in [0.29, 0.717) is 5.75 Å². The number of nitrogens with zero attached hydrogens (tertiary/aromatic N) is 2. The van der Waals surface area contributed by atoms with Gasteiger partial charge in [0, 0.05) is 23.5 Å². The van der Waals surface area contributed by atoms with Gasteiger partial charge in [0.15, 0.2) is 0 Å². The number of aromatic nitrogens is 2. The second-order valence-corrected chi connectivity index (χ2v) is 3.35. The van der Waals surface area contributed by atoms with Crippen LogP contribution in [-0.4, -0.2) is 9.97 Å². The third-order valence-electron chi connectivity index (χ3n) is 1.84. The standard InChI is InChI=1S/C9H7N3S/c10-6-13-5-7-1-3-11-9-8(7)2-4-12-9/h1-4H,5H2,(H,11,12). The molecule has 0 saturated carbocycles. The molecule has 2 rings (SSSR count). The van der Waals surface area contributed by atoms with Crippen LogP contribution in [0, 0.1) is 10.7 Å². The first kappa shape index (κ1) is 8.14. The molecule has 0 saturated heterocycles. The number of hydrogen-bond acceptors (Lipinski definition) is 3. The maximum absolute atomic E-state index is 8.44. The van der Waals surface area contributed by atoms with Crippen LogP contribution in [0.3, 0.4) is 0 Å². The van der Waals surface area contributed by atoms with E-state index < -0.39 is 0 Å². The Morgan fingerprint density at radius 1 is 1.54 bits per heavy atom. The molecule has 2 aromatic rings. The second-order valence-electron chi connectivity index (χ2n) is 2.59. The quantitative estimate of drug-likeness (QED) is 0.737. The smallest absolute Gasteiger partial charge is 0.137 e. The molecule has 0 aliphatic rings. The van der Waals surface area contributed by atoms with E-state index in [2.05, 4.69) is 15.4 Å². The van der Waals surface area contributed by atoms with E-state index in [-0.39, 0.29) is 0 Å². The molecule has 0 spiro atoms. The van der Waals surface area contributed by atoms with Crippen LogP contribution in [0.5, 0.6) is 0 Å². The Hall–Kier alpha value is -1.47. The highest BCUT2D eigenvalue weighted by Gasteiger charge is 2.01. The van der Waals surface area contributed by atoms with Crippen LogP contribution >= 0.6 is 11.8 Å². The zero-order valence-electron chi connectivity index (χ0n) is 6.82. The molecule has 0 unspecified atom stereocenters. The van der Waals surface area contributed by atoms with E-state index in [1.54, 1.807) is 6.20 Å². The summed E-state index contributed by atoms with van der Waals surface area (Å²) < 4.78 is 0. The molecule has 4 heteroatoms. The molecule has 0 aromatic carbocycles. The predicted molar refractivity (Wildman–Crippen MR) is 53.0 cm³/mol. The molecule has 0 fully saturated rings. The van der Waals surface area contributed by atoms with Gasteiger partial charge >= 0.3 is 0 Å². The summed E-state index contributed by atoms with van der Waals surface area (Å²) in [5.74, 6) is 0.716. The minimum Gasteiger partial charge on any atom is -0.346 e. The molecule has 1 N–H and O–H groups in total. The van der Waals surface area contributed by atoms with Gasteiger partial charge in [-0.2, -0.15) is 5.26 Å². The van der Waals surface area contributed by atoms with E-state index in [1.165, 1.54) is 11.8 Å². The Balaban J connectivity index is 2.44. The van der Waals surface area contributed by atoms with Gasteiger partial charge in [0.2, 0.25) is 0 Å². The molecule has 2 aromatic heterocycles. The first-order valence-corrected chi connectivity index (χ1v) is 4.82. The highest BCUT2D eigenvalue weighted by molar-refractivity contribution is 8.02. The van der Waals surface area contributed by atoms with Gasteiger partial charge in [0.1, 0.15) is 11.0 Å². The van der Waals surface area contributed by atoms with Gasteiger partial charge < -0.3 is 4.98 Å². The minimum absolute atomic E-state index is 0.716. The summed E-state index contributed by atoms with van der Waals surface area (Å²) in [4.78, 5) is 7.20. The molecule has 3 nitrogen and oxygen atoms in total. The monoisotopic (exact) mass is 189 g/mol. The number of fused-ring (bicyclic) bond motifs is 1. The SMILES string of the molecule is N#CSCc1ccnc2[nH]ccc12. The number of thioether (sulfide) groups is 1. The molecule has 0 atom stereocenters. The third kappa shape index (κ3) is 1.51. The number of nitriles is 1. The first-order valence-electron chi connectivity index (χ1n) is 3.83. The van der Waals surface area contributed by atoms with Gasteiger partial charge in [-0.3, -0.25) is 0 Å². The second kappa shape index (κ2) is 3.50. The van der Waals surface area contributed by atoms with E-state index in [4.69, 9.17) is 5.26 Å². The Kier molecular flexibility index (Phi) is 2.19. The highest BCUT2D eigenvalue weighted by atomic mass is 32.2. The molecular formula is C9H7N3S. The van der Waals surface area contributed by atoms with Crippen LogP contribution in [0.1, 0.15) is 5.56 Å². The van der Waals surface area contributed by atoms with Crippen molar-refractivity contribution < 1.29 is 0 Å². The highest BCUT2D eigenvalue weighted by Crippen LogP contribution is 2.19. The fourth-order valence-electron chi connectivity index (χ4n) is 1.25. The average Bonchev–Trinajstić information content (AvgIpc) is 2.62. The van der Waals surface area contributed by atoms with Crippen molar-refractivity contribution in [3.05, 3.63) is 30.1 Å². The summed E-state index contributed by atoms with van der Waals surface area (Å²) in [5, 5.41) is 11.6. The lowest BCUT2D eigenvalue weighted by Gasteiger charge is -1.97. The van der Waals surface area contributed by atoms with Gasteiger partial charge in [0.05, 0.1) is 0 Å². The maximum Gasteiger partial charge on any atom is 0.137 e. The van der Waals surface area contributed by atoms with Crippen LogP contribution in [0.25, 0.3) is 11.0 Å². The van der Waals surface area contributed by atoms with Gasteiger partial charge in [0.25, 0.3) is 0 Å². The molecule has 13 heavy (non-hydrogen) atoms. The van der Waals surface area contributed by atoms with Gasteiger partial charge in [-0.1, -0.05) is 0 Å². The molecule has 0 bridgehead atoms. The Bertz CT molecular complexity index is 455. The van der Waals surface area contributed by atoms with Crippen molar-refractivity contribution in [2.75, 3.05) is 0 Å². The lowest BCUT2D eigenvalue weighted by molar-refractivity contribution is 1.30. The number of hydrogen-bond donors (Lipinski definition) is 1. The maximum atomic E-state index is 8.44. The van der Waals surface area contributed by atoms with Crippen LogP contribution in [-0.2, 0) is 5.75 Å². The van der Waals surface area contributed by atoms with Gasteiger partial charge in [-0.25, -0.2) is 4.98 Å². The van der Waals surface area contributed by atoms with Crippen LogP contribution in [0.15, 0.2) is 24.5 Å². The summed E-state index contributed by atoms with van der Waals surface area (Å²) in [7, 11) is 0. The summed E-state index contributed by atoms with van der Waals surface area (Å²) in [6.45, 7) is 0. The summed E-state index contributed by atoms with van der Waals surface area (Å²) in [5.41, 5.74) is 2.04. The van der Waals surface area contributed by atoms with Gasteiger partial charge in [-0.15, -0.1) is 0 Å². The average molecular weight is 189 g/mol. The van der Waals surface area contributed by atoms with Crippen molar-refractivity contribution in [3.63, 3.8) is 0 Å². The molecule has 0 amide bonds. The lowest BCUT2D eigenvalue weighted by Crippen LogP contribution is -1.83. The van der Waals surface area contributed by atoms with Crippen LogP contribution < -0.4 is 0 Å². The molecule has 64 valence electrons. The molecule has 0 aliphatic heterocycles. The minimum atomic E-state index is 0.716. The summed E-state index contributed by atoms with van der Waals surface area (Å²) >= 11 is 1.24. The Morgan fingerprint density at radius 3 is 3.31 bits per heavy atom. The van der Waals surface area contributed by atoms with Crippen molar-refractivity contribution in [2.45, 2.75) is 5.75 Å². The van der Waals surface area contributed by atoms with Crippen LogP contribution in [0.4, 0.5) is 0 Å². The zero-order valence-corrected chi connectivity index (χ0v) is 7.64. The topological polar surface area (TPSA) is 52.5 Å². The Labute approximate surface area is 79.8 Å². The van der Waals surface area contributed by atoms with Crippen molar-refractivity contribution in [1.82, 2.24) is 9.97 Å². The number of thiocyanates is 1. The first-order chi connectivity index (χ1) is 6.42. The lowest BCUT2D eigenvalue weighted by atomic mass is 10.2.